The highest BCUT2D eigenvalue weighted by molar-refractivity contribution is 6.28. The highest BCUT2D eigenvalue weighted by atomic mass is 35.5. The molecule has 0 atom stereocenters. The van der Waals surface area contributed by atoms with Crippen LogP contribution in [0.5, 0.6) is 17.5 Å². The van der Waals surface area contributed by atoms with Gasteiger partial charge in [0.2, 0.25) is 11.2 Å². The fourth-order valence-electron chi connectivity index (χ4n) is 3.86. The van der Waals surface area contributed by atoms with Crippen LogP contribution in [-0.4, -0.2) is 46.9 Å². The summed E-state index contributed by atoms with van der Waals surface area (Å²) in [4.78, 5) is 15.0. The van der Waals surface area contributed by atoms with Crippen LogP contribution in [0.1, 0.15) is 42.5 Å². The van der Waals surface area contributed by atoms with Crippen molar-refractivity contribution < 1.29 is 14.2 Å². The first-order valence-corrected chi connectivity index (χ1v) is 10.4. The van der Waals surface area contributed by atoms with Crippen molar-refractivity contribution >= 4 is 17.5 Å². The zero-order valence-electron chi connectivity index (χ0n) is 17.6. The molecule has 0 amide bonds. The van der Waals surface area contributed by atoms with E-state index in [0.29, 0.717) is 32.3 Å². The minimum atomic E-state index is -0.159. The van der Waals surface area contributed by atoms with Crippen molar-refractivity contribution in [2.24, 2.45) is 0 Å². The van der Waals surface area contributed by atoms with Crippen LogP contribution < -0.4 is 14.4 Å². The maximum Gasteiger partial charge on any atom is 0.328 e. The highest BCUT2D eigenvalue weighted by Gasteiger charge is 2.31. The minimum Gasteiger partial charge on any atom is -0.487 e. The van der Waals surface area contributed by atoms with Crippen LogP contribution in [-0.2, 0) is 11.2 Å². The van der Waals surface area contributed by atoms with Gasteiger partial charge in [0, 0.05) is 18.7 Å². The van der Waals surface area contributed by atoms with E-state index < -0.39 is 0 Å². The number of anilines is 1. The Bertz CT molecular complexity index is 942. The lowest BCUT2D eigenvalue weighted by atomic mass is 9.88. The molecule has 7 nitrogen and oxygen atoms in total. The number of nitrogens with zero attached hydrogens (tertiary/aromatic N) is 4. The Kier molecular flexibility index (Phi) is 5.29. The first-order chi connectivity index (χ1) is 13.7. The second-order valence-corrected chi connectivity index (χ2v) is 8.60. The molecule has 1 fully saturated rings. The molecule has 2 aliphatic heterocycles. The van der Waals surface area contributed by atoms with E-state index in [1.165, 1.54) is 5.56 Å². The number of aromatic nitrogens is 3. The van der Waals surface area contributed by atoms with Crippen molar-refractivity contribution in [1.29, 1.82) is 0 Å². The average molecular weight is 419 g/mol. The largest absolute Gasteiger partial charge is 0.487 e. The number of morpholine rings is 1. The van der Waals surface area contributed by atoms with Gasteiger partial charge in [-0.25, -0.2) is 0 Å². The predicted molar refractivity (Wildman–Crippen MR) is 112 cm³/mol. The number of ether oxygens (including phenoxy) is 3. The number of rotatable bonds is 3. The van der Waals surface area contributed by atoms with E-state index in [-0.39, 0.29) is 16.9 Å². The van der Waals surface area contributed by atoms with Crippen molar-refractivity contribution in [2.75, 3.05) is 31.2 Å². The summed E-state index contributed by atoms with van der Waals surface area (Å²) in [6, 6.07) is 0.203. The molecule has 2 aliphatic rings. The Morgan fingerprint density at radius 1 is 1.00 bits per heavy atom. The SMILES string of the molecule is Cc1c(C)c2c(c(C)c1Oc1nc(Cl)nc(N3CCOCC3)n1)CCC(C)(C)O2. The van der Waals surface area contributed by atoms with Gasteiger partial charge >= 0.3 is 6.01 Å². The normalized spacial score (nSPS) is 18.2. The second kappa shape index (κ2) is 7.61. The van der Waals surface area contributed by atoms with Crippen molar-refractivity contribution in [3.05, 3.63) is 27.5 Å². The van der Waals surface area contributed by atoms with Gasteiger partial charge in [0.05, 0.1) is 13.2 Å². The topological polar surface area (TPSA) is 69.6 Å². The zero-order valence-corrected chi connectivity index (χ0v) is 18.4. The first-order valence-electron chi connectivity index (χ1n) is 9.99. The molecular weight excluding hydrogens is 392 g/mol. The predicted octanol–water partition coefficient (Wildman–Crippen LogP) is 4.18. The molecule has 2 aromatic rings. The Morgan fingerprint density at radius 2 is 1.72 bits per heavy atom. The fraction of sp³-hybridized carbons (Fsp3) is 0.571. The lowest BCUT2D eigenvalue weighted by molar-refractivity contribution is 0.0832. The number of hydrogen-bond donors (Lipinski definition) is 0. The molecule has 0 bridgehead atoms. The van der Waals surface area contributed by atoms with Crippen molar-refractivity contribution in [1.82, 2.24) is 15.0 Å². The summed E-state index contributed by atoms with van der Waals surface area (Å²) in [5, 5.41) is 0.117. The van der Waals surface area contributed by atoms with Gasteiger partial charge in [-0.2, -0.15) is 15.0 Å². The highest BCUT2D eigenvalue weighted by Crippen LogP contribution is 2.44. The molecule has 3 heterocycles. The Hall–Kier alpha value is -2.12. The van der Waals surface area contributed by atoms with Gasteiger partial charge in [-0.15, -0.1) is 0 Å². The average Bonchev–Trinajstić information content (AvgIpc) is 2.69. The summed E-state index contributed by atoms with van der Waals surface area (Å²) in [6.07, 6.45) is 1.91. The molecule has 1 aromatic carbocycles. The summed E-state index contributed by atoms with van der Waals surface area (Å²) in [5.41, 5.74) is 4.19. The standard InChI is InChI=1S/C21H27ClN4O3/c1-12-13(2)17-15(6-7-21(4,5)29-17)14(3)16(12)28-20-24-18(22)23-19(25-20)26-8-10-27-11-9-26/h6-11H2,1-5H3. The molecule has 0 unspecified atom stereocenters. The van der Waals surface area contributed by atoms with Crippen LogP contribution in [0.2, 0.25) is 5.28 Å². The van der Waals surface area contributed by atoms with Gasteiger partial charge in [-0.1, -0.05) is 0 Å². The fourth-order valence-corrected chi connectivity index (χ4v) is 4.01. The van der Waals surface area contributed by atoms with Gasteiger partial charge in [0.25, 0.3) is 0 Å². The molecule has 0 N–H and O–H groups in total. The maximum absolute atomic E-state index is 6.30. The number of halogens is 1. The van der Waals surface area contributed by atoms with Crippen LogP contribution in [0.3, 0.4) is 0 Å². The van der Waals surface area contributed by atoms with Gasteiger partial charge in [-0.3, -0.25) is 0 Å². The molecule has 0 spiro atoms. The van der Waals surface area contributed by atoms with E-state index in [4.69, 9.17) is 25.8 Å². The lowest BCUT2D eigenvalue weighted by Crippen LogP contribution is -2.37. The Morgan fingerprint density at radius 3 is 2.45 bits per heavy atom. The monoisotopic (exact) mass is 418 g/mol. The second-order valence-electron chi connectivity index (χ2n) is 8.26. The number of fused-ring (bicyclic) bond motifs is 1. The maximum atomic E-state index is 6.30. The van der Waals surface area contributed by atoms with E-state index >= 15 is 0 Å². The van der Waals surface area contributed by atoms with Gasteiger partial charge in [0.1, 0.15) is 17.1 Å². The zero-order chi connectivity index (χ0) is 20.8. The van der Waals surface area contributed by atoms with E-state index in [2.05, 4.69) is 42.6 Å². The van der Waals surface area contributed by atoms with Crippen molar-refractivity contribution in [2.45, 2.75) is 53.1 Å². The van der Waals surface area contributed by atoms with Crippen LogP contribution >= 0.6 is 11.6 Å². The summed E-state index contributed by atoms with van der Waals surface area (Å²) < 4.78 is 17.9. The third kappa shape index (κ3) is 3.98. The van der Waals surface area contributed by atoms with Crippen molar-refractivity contribution in [3.63, 3.8) is 0 Å². The summed E-state index contributed by atoms with van der Waals surface area (Å²) in [7, 11) is 0. The number of hydrogen-bond acceptors (Lipinski definition) is 7. The lowest BCUT2D eigenvalue weighted by Gasteiger charge is -2.35. The third-order valence-corrected chi connectivity index (χ3v) is 5.90. The van der Waals surface area contributed by atoms with Crippen LogP contribution in [0.15, 0.2) is 0 Å². The molecule has 0 saturated carbocycles. The molecule has 156 valence electrons. The molecular formula is C21H27ClN4O3. The molecule has 29 heavy (non-hydrogen) atoms. The Labute approximate surface area is 176 Å². The molecule has 4 rings (SSSR count). The van der Waals surface area contributed by atoms with Crippen LogP contribution in [0.25, 0.3) is 0 Å². The smallest absolute Gasteiger partial charge is 0.328 e. The third-order valence-electron chi connectivity index (χ3n) is 5.73. The van der Waals surface area contributed by atoms with Crippen LogP contribution in [0.4, 0.5) is 5.95 Å². The van der Waals surface area contributed by atoms with Gasteiger partial charge in [0.15, 0.2) is 0 Å². The first kappa shape index (κ1) is 20.2. The summed E-state index contributed by atoms with van der Waals surface area (Å²) >= 11 is 6.17. The quantitative estimate of drug-likeness (QED) is 0.740. The van der Waals surface area contributed by atoms with E-state index in [1.807, 2.05) is 11.8 Å². The van der Waals surface area contributed by atoms with Gasteiger partial charge in [-0.05, 0) is 75.8 Å². The van der Waals surface area contributed by atoms with E-state index in [0.717, 1.165) is 41.0 Å². The minimum absolute atomic E-state index is 0.117. The molecule has 8 heteroatoms. The molecule has 0 radical (unpaired) electrons. The molecule has 1 saturated heterocycles. The summed E-state index contributed by atoms with van der Waals surface area (Å²) in [5.74, 6) is 2.25. The number of benzene rings is 1. The summed E-state index contributed by atoms with van der Waals surface area (Å²) in [6.45, 7) is 13.1. The van der Waals surface area contributed by atoms with Crippen molar-refractivity contribution in [3.8, 4) is 17.5 Å². The molecule has 0 aliphatic carbocycles. The van der Waals surface area contributed by atoms with Gasteiger partial charge < -0.3 is 19.1 Å². The molecule has 1 aromatic heterocycles. The van der Waals surface area contributed by atoms with Crippen LogP contribution in [0, 0.1) is 20.8 Å². The van der Waals surface area contributed by atoms with E-state index in [9.17, 15) is 0 Å². The van der Waals surface area contributed by atoms with E-state index in [1.54, 1.807) is 0 Å². The Balaban J connectivity index is 1.70.